The van der Waals surface area contributed by atoms with Crippen molar-refractivity contribution in [1.29, 1.82) is 0 Å². The Labute approximate surface area is 146 Å². The Kier molecular flexibility index (Phi) is 4.96. The minimum Gasteiger partial charge on any atom is -0.354 e. The maximum Gasteiger partial charge on any atom is 0.0512 e. The lowest BCUT2D eigenvalue weighted by molar-refractivity contribution is 0.748. The van der Waals surface area contributed by atoms with Gasteiger partial charge >= 0.3 is 0 Å². The summed E-state index contributed by atoms with van der Waals surface area (Å²) in [4.78, 5) is 3.53. The number of nitrogens with two attached hydrogens (primary N) is 1. The Hall–Kier alpha value is -1.48. The van der Waals surface area contributed by atoms with Gasteiger partial charge in [0.2, 0.25) is 0 Å². The number of H-pyrrole nitrogens is 1. The highest BCUT2D eigenvalue weighted by Crippen LogP contribution is 2.37. The fourth-order valence-electron chi connectivity index (χ4n) is 2.99. The summed E-state index contributed by atoms with van der Waals surface area (Å²) in [7, 11) is 0. The molecule has 120 valence electrons. The van der Waals surface area contributed by atoms with Crippen molar-refractivity contribution >= 4 is 34.1 Å². The lowest BCUT2D eigenvalue weighted by Gasteiger charge is -2.08. The molecule has 1 heterocycles. The molecule has 0 unspecified atom stereocenters. The third-order valence-electron chi connectivity index (χ3n) is 4.14. The van der Waals surface area contributed by atoms with Crippen molar-refractivity contribution in [3.63, 3.8) is 0 Å². The van der Waals surface area contributed by atoms with Gasteiger partial charge in [0.25, 0.3) is 0 Å². The third kappa shape index (κ3) is 3.40. The first-order chi connectivity index (χ1) is 11.1. The number of aromatic amines is 1. The average Bonchev–Trinajstić information content (AvgIpc) is 2.88. The van der Waals surface area contributed by atoms with Crippen molar-refractivity contribution in [3.8, 4) is 11.3 Å². The van der Waals surface area contributed by atoms with E-state index in [0.29, 0.717) is 16.6 Å². The monoisotopic (exact) mass is 346 g/mol. The van der Waals surface area contributed by atoms with E-state index in [0.717, 1.165) is 36.0 Å². The number of fused-ring (bicyclic) bond motifs is 1. The molecular formula is C19H20Cl2N2. The van der Waals surface area contributed by atoms with Gasteiger partial charge < -0.3 is 10.7 Å². The molecule has 0 spiro atoms. The zero-order valence-corrected chi connectivity index (χ0v) is 14.6. The number of hydrogen-bond acceptors (Lipinski definition) is 1. The first-order valence-corrected chi connectivity index (χ1v) is 8.62. The Balaban J connectivity index is 2.18. The van der Waals surface area contributed by atoms with Gasteiger partial charge in [0, 0.05) is 26.5 Å². The summed E-state index contributed by atoms with van der Waals surface area (Å²) in [5, 5.41) is 2.65. The van der Waals surface area contributed by atoms with Crippen molar-refractivity contribution in [3.05, 3.63) is 57.6 Å². The van der Waals surface area contributed by atoms with Crippen LogP contribution < -0.4 is 5.73 Å². The summed E-state index contributed by atoms with van der Waals surface area (Å²) >= 11 is 12.6. The van der Waals surface area contributed by atoms with Gasteiger partial charge in [-0.15, -0.1) is 0 Å². The summed E-state index contributed by atoms with van der Waals surface area (Å²) in [6, 6.07) is 12.1. The molecule has 0 bridgehead atoms. The van der Waals surface area contributed by atoms with Crippen LogP contribution in [0.5, 0.6) is 0 Å². The molecule has 0 radical (unpaired) electrons. The summed E-state index contributed by atoms with van der Waals surface area (Å²) in [5.74, 6) is 0. The fourth-order valence-corrected chi connectivity index (χ4v) is 3.37. The molecule has 2 nitrogen and oxygen atoms in total. The lowest BCUT2D eigenvalue weighted by Crippen LogP contribution is -1.99. The molecule has 0 aliphatic carbocycles. The van der Waals surface area contributed by atoms with Crippen LogP contribution in [0.15, 0.2) is 36.4 Å². The summed E-state index contributed by atoms with van der Waals surface area (Å²) in [6.07, 6.45) is 3.04. The van der Waals surface area contributed by atoms with Crippen LogP contribution in [-0.4, -0.2) is 11.5 Å². The lowest BCUT2D eigenvalue weighted by atomic mass is 9.99. The van der Waals surface area contributed by atoms with Crippen LogP contribution in [0.2, 0.25) is 10.0 Å². The fraction of sp³-hybridized carbons (Fsp3) is 0.263. The molecule has 0 saturated carbocycles. The van der Waals surface area contributed by atoms with E-state index in [-0.39, 0.29) is 0 Å². The van der Waals surface area contributed by atoms with Gasteiger partial charge in [-0.2, -0.15) is 0 Å². The van der Waals surface area contributed by atoms with E-state index < -0.39 is 0 Å². The van der Waals surface area contributed by atoms with Crippen molar-refractivity contribution in [2.45, 2.75) is 26.2 Å². The van der Waals surface area contributed by atoms with Crippen LogP contribution in [0.3, 0.4) is 0 Å². The van der Waals surface area contributed by atoms with Crippen molar-refractivity contribution in [1.82, 2.24) is 4.98 Å². The van der Waals surface area contributed by atoms with Crippen LogP contribution in [0.25, 0.3) is 22.2 Å². The topological polar surface area (TPSA) is 41.8 Å². The number of nitrogens with one attached hydrogen (secondary N) is 1. The van der Waals surface area contributed by atoms with Crippen molar-refractivity contribution in [2.24, 2.45) is 5.73 Å². The number of unbranched alkanes of at least 4 members (excludes halogenated alkanes) is 1. The Morgan fingerprint density at radius 2 is 1.87 bits per heavy atom. The normalized spacial score (nSPS) is 11.3. The molecular weight excluding hydrogens is 327 g/mol. The zero-order valence-electron chi connectivity index (χ0n) is 13.1. The SMILES string of the molecule is Cc1ccc2[nH]c(-c3cc(Cl)ccc3Cl)c(CCCCN)c2c1. The average molecular weight is 347 g/mol. The van der Waals surface area contributed by atoms with E-state index in [1.165, 1.54) is 16.5 Å². The van der Waals surface area contributed by atoms with E-state index in [9.17, 15) is 0 Å². The van der Waals surface area contributed by atoms with Crippen molar-refractivity contribution in [2.75, 3.05) is 6.54 Å². The molecule has 1 aromatic heterocycles. The Morgan fingerprint density at radius 1 is 1.04 bits per heavy atom. The molecule has 0 atom stereocenters. The smallest absolute Gasteiger partial charge is 0.0512 e. The maximum absolute atomic E-state index is 6.42. The predicted octanol–water partition coefficient (Wildman–Crippen LogP) is 5.73. The second-order valence-corrected chi connectivity index (χ2v) is 6.74. The first kappa shape index (κ1) is 16.4. The van der Waals surface area contributed by atoms with Gasteiger partial charge in [0.1, 0.15) is 0 Å². The van der Waals surface area contributed by atoms with E-state index in [1.807, 2.05) is 18.2 Å². The minimum absolute atomic E-state index is 0.687. The minimum atomic E-state index is 0.687. The quantitative estimate of drug-likeness (QED) is 0.569. The van der Waals surface area contributed by atoms with Gasteiger partial charge in [-0.1, -0.05) is 34.8 Å². The number of halogens is 2. The maximum atomic E-state index is 6.42. The summed E-state index contributed by atoms with van der Waals surface area (Å²) < 4.78 is 0. The highest BCUT2D eigenvalue weighted by molar-refractivity contribution is 6.35. The third-order valence-corrected chi connectivity index (χ3v) is 4.70. The van der Waals surface area contributed by atoms with Crippen LogP contribution in [0.1, 0.15) is 24.0 Å². The molecule has 0 saturated heterocycles. The highest BCUT2D eigenvalue weighted by atomic mass is 35.5. The molecule has 3 rings (SSSR count). The van der Waals surface area contributed by atoms with E-state index in [4.69, 9.17) is 28.9 Å². The number of aryl methyl sites for hydroxylation is 2. The van der Waals surface area contributed by atoms with Crippen LogP contribution in [0.4, 0.5) is 0 Å². The van der Waals surface area contributed by atoms with Gasteiger partial charge in [-0.25, -0.2) is 0 Å². The second-order valence-electron chi connectivity index (χ2n) is 5.90. The van der Waals surface area contributed by atoms with Crippen LogP contribution in [-0.2, 0) is 6.42 Å². The largest absolute Gasteiger partial charge is 0.354 e. The molecule has 0 aliphatic rings. The van der Waals surface area contributed by atoms with E-state index >= 15 is 0 Å². The van der Waals surface area contributed by atoms with Crippen molar-refractivity contribution < 1.29 is 0 Å². The number of aromatic nitrogens is 1. The zero-order chi connectivity index (χ0) is 16.4. The van der Waals surface area contributed by atoms with E-state index in [1.54, 1.807) is 0 Å². The molecule has 3 aromatic rings. The van der Waals surface area contributed by atoms with Gasteiger partial charge in [0.05, 0.1) is 5.69 Å². The molecule has 0 fully saturated rings. The number of benzene rings is 2. The van der Waals surface area contributed by atoms with Gasteiger partial charge in [-0.3, -0.25) is 0 Å². The number of hydrogen-bond donors (Lipinski definition) is 2. The standard InChI is InChI=1S/C19H20Cl2N2/c1-12-5-8-18-15(10-12)14(4-2-3-9-22)19(23-18)16-11-13(20)6-7-17(16)21/h5-8,10-11,23H,2-4,9,22H2,1H3. The molecule has 0 aliphatic heterocycles. The molecule has 4 heteroatoms. The summed E-state index contributed by atoms with van der Waals surface area (Å²) in [6.45, 7) is 2.83. The number of rotatable bonds is 5. The van der Waals surface area contributed by atoms with Crippen LogP contribution in [0, 0.1) is 6.92 Å². The Morgan fingerprint density at radius 3 is 2.65 bits per heavy atom. The molecule has 23 heavy (non-hydrogen) atoms. The predicted molar refractivity (Wildman–Crippen MR) is 100 cm³/mol. The first-order valence-electron chi connectivity index (χ1n) is 7.87. The van der Waals surface area contributed by atoms with Gasteiger partial charge in [0.15, 0.2) is 0 Å². The van der Waals surface area contributed by atoms with E-state index in [2.05, 4.69) is 30.1 Å². The summed E-state index contributed by atoms with van der Waals surface area (Å²) in [5.41, 5.74) is 11.3. The molecule has 0 amide bonds. The Bertz CT molecular complexity index is 837. The second kappa shape index (κ2) is 6.96. The molecule has 3 N–H and O–H groups in total. The van der Waals surface area contributed by atoms with Crippen LogP contribution >= 0.6 is 23.2 Å². The van der Waals surface area contributed by atoms with Gasteiger partial charge in [-0.05, 0) is 68.6 Å². The molecule has 2 aromatic carbocycles. The highest BCUT2D eigenvalue weighted by Gasteiger charge is 2.15.